The van der Waals surface area contributed by atoms with Gasteiger partial charge < -0.3 is 15.4 Å². The Kier molecular flexibility index (Phi) is 4.15. The number of hydrogen-bond donors (Lipinski definition) is 2. The van der Waals surface area contributed by atoms with E-state index in [0.717, 1.165) is 42.3 Å². The Bertz CT molecular complexity index is 353. The molecule has 1 saturated heterocycles. The summed E-state index contributed by atoms with van der Waals surface area (Å²) in [6, 6.07) is 4.36. The number of anilines is 1. The fraction of sp³-hybridized carbons (Fsp3) is 0.545. The number of nitrogens with one attached hydrogen (secondary N) is 2. The van der Waals surface area contributed by atoms with E-state index in [9.17, 15) is 0 Å². The van der Waals surface area contributed by atoms with Crippen molar-refractivity contribution in [3.05, 3.63) is 22.3 Å². The highest BCUT2D eigenvalue weighted by molar-refractivity contribution is 9.10. The van der Waals surface area contributed by atoms with E-state index in [-0.39, 0.29) is 0 Å². The second-order valence-electron chi connectivity index (χ2n) is 3.87. The van der Waals surface area contributed by atoms with Gasteiger partial charge in [-0.25, -0.2) is 4.98 Å². The molecule has 88 valence electrons. The van der Waals surface area contributed by atoms with Crippen LogP contribution in [-0.2, 0) is 4.74 Å². The number of ether oxygens (including phenoxy) is 1. The second-order valence-corrected chi connectivity index (χ2v) is 4.72. The molecule has 0 saturated carbocycles. The van der Waals surface area contributed by atoms with E-state index in [2.05, 4.69) is 31.5 Å². The van der Waals surface area contributed by atoms with Crippen LogP contribution in [0.5, 0.6) is 0 Å². The van der Waals surface area contributed by atoms with Gasteiger partial charge in [0.2, 0.25) is 0 Å². The molecule has 0 bridgehead atoms. The summed E-state index contributed by atoms with van der Waals surface area (Å²) in [6.45, 7) is 5.33. The average Bonchev–Trinajstić information content (AvgIpc) is 2.32. The van der Waals surface area contributed by atoms with Crippen LogP contribution in [0.15, 0.2) is 16.6 Å². The van der Waals surface area contributed by atoms with Gasteiger partial charge in [0, 0.05) is 23.6 Å². The number of hydrogen-bond acceptors (Lipinski definition) is 4. The molecule has 0 amide bonds. The second kappa shape index (κ2) is 5.61. The lowest BCUT2D eigenvalue weighted by atomic mass is 10.3. The molecule has 1 aliphatic rings. The van der Waals surface area contributed by atoms with Gasteiger partial charge in [-0.3, -0.25) is 0 Å². The Hall–Kier alpha value is -0.650. The van der Waals surface area contributed by atoms with Gasteiger partial charge in [0.05, 0.1) is 18.9 Å². The zero-order valence-corrected chi connectivity index (χ0v) is 10.9. The van der Waals surface area contributed by atoms with Crippen molar-refractivity contribution in [2.45, 2.75) is 13.0 Å². The molecule has 1 aliphatic heterocycles. The fourth-order valence-corrected chi connectivity index (χ4v) is 1.84. The lowest BCUT2D eigenvalue weighted by Gasteiger charge is -2.24. The van der Waals surface area contributed by atoms with Crippen LogP contribution in [0.3, 0.4) is 0 Å². The van der Waals surface area contributed by atoms with E-state index in [1.54, 1.807) is 0 Å². The van der Waals surface area contributed by atoms with Gasteiger partial charge in [0.1, 0.15) is 5.82 Å². The minimum absolute atomic E-state index is 0.375. The first kappa shape index (κ1) is 11.8. The van der Waals surface area contributed by atoms with Crippen LogP contribution >= 0.6 is 15.9 Å². The zero-order valence-electron chi connectivity index (χ0n) is 9.29. The Morgan fingerprint density at radius 2 is 2.50 bits per heavy atom. The molecule has 1 aromatic heterocycles. The van der Waals surface area contributed by atoms with Gasteiger partial charge in [-0.2, -0.15) is 0 Å². The van der Waals surface area contributed by atoms with Crippen LogP contribution in [0.4, 0.5) is 5.82 Å². The van der Waals surface area contributed by atoms with Crippen molar-refractivity contribution in [2.24, 2.45) is 0 Å². The third-order valence-electron chi connectivity index (χ3n) is 2.55. The normalized spacial score (nSPS) is 20.8. The predicted molar refractivity (Wildman–Crippen MR) is 67.8 cm³/mol. The molecule has 0 spiro atoms. The minimum Gasteiger partial charge on any atom is -0.378 e. The van der Waals surface area contributed by atoms with Crippen LogP contribution in [0.25, 0.3) is 0 Å². The van der Waals surface area contributed by atoms with E-state index in [4.69, 9.17) is 4.74 Å². The van der Waals surface area contributed by atoms with E-state index >= 15 is 0 Å². The molecular weight excluding hydrogens is 270 g/mol. The standard InChI is InChI=1S/C11H16BrN3O/c1-8-10(12)2-3-11(15-8)14-6-9-7-16-5-4-13-9/h2-3,9,13H,4-7H2,1H3,(H,14,15). The van der Waals surface area contributed by atoms with Crippen molar-refractivity contribution in [2.75, 3.05) is 31.6 Å². The summed E-state index contributed by atoms with van der Waals surface area (Å²) in [7, 11) is 0. The Labute approximate surface area is 104 Å². The number of halogens is 1. The highest BCUT2D eigenvalue weighted by Gasteiger charge is 2.12. The van der Waals surface area contributed by atoms with Crippen LogP contribution in [0.2, 0.25) is 0 Å². The molecule has 4 nitrogen and oxygen atoms in total. The minimum atomic E-state index is 0.375. The molecule has 0 aliphatic carbocycles. The Morgan fingerprint density at radius 1 is 1.62 bits per heavy atom. The average molecular weight is 286 g/mol. The maximum atomic E-state index is 5.38. The van der Waals surface area contributed by atoms with Gasteiger partial charge in [-0.05, 0) is 35.0 Å². The summed E-state index contributed by atoms with van der Waals surface area (Å²) in [5.74, 6) is 0.910. The van der Waals surface area contributed by atoms with Crippen LogP contribution < -0.4 is 10.6 Å². The molecule has 2 rings (SSSR count). The van der Waals surface area contributed by atoms with Crippen molar-refractivity contribution in [1.29, 1.82) is 0 Å². The number of rotatable bonds is 3. The zero-order chi connectivity index (χ0) is 11.4. The highest BCUT2D eigenvalue weighted by atomic mass is 79.9. The molecule has 1 fully saturated rings. The molecular formula is C11H16BrN3O. The maximum absolute atomic E-state index is 5.38. The first-order valence-corrected chi connectivity index (χ1v) is 6.23. The number of aromatic nitrogens is 1. The quantitative estimate of drug-likeness (QED) is 0.885. The first-order chi connectivity index (χ1) is 7.75. The smallest absolute Gasteiger partial charge is 0.126 e. The van der Waals surface area contributed by atoms with E-state index in [1.165, 1.54) is 0 Å². The lowest BCUT2D eigenvalue weighted by molar-refractivity contribution is 0.0806. The van der Waals surface area contributed by atoms with E-state index in [1.807, 2.05) is 19.1 Å². The molecule has 5 heteroatoms. The molecule has 1 unspecified atom stereocenters. The highest BCUT2D eigenvalue weighted by Crippen LogP contribution is 2.16. The summed E-state index contributed by atoms with van der Waals surface area (Å²) in [6.07, 6.45) is 0. The largest absolute Gasteiger partial charge is 0.378 e. The summed E-state index contributed by atoms with van der Waals surface area (Å²) in [4.78, 5) is 4.43. The van der Waals surface area contributed by atoms with Crippen molar-refractivity contribution >= 4 is 21.7 Å². The van der Waals surface area contributed by atoms with E-state index in [0.29, 0.717) is 6.04 Å². The summed E-state index contributed by atoms with van der Waals surface area (Å²) < 4.78 is 6.42. The van der Waals surface area contributed by atoms with Crippen molar-refractivity contribution in [3.8, 4) is 0 Å². The van der Waals surface area contributed by atoms with Gasteiger partial charge in [0.15, 0.2) is 0 Å². The number of nitrogens with zero attached hydrogens (tertiary/aromatic N) is 1. The SMILES string of the molecule is Cc1nc(NCC2COCCN2)ccc1Br. The van der Waals surface area contributed by atoms with E-state index < -0.39 is 0 Å². The molecule has 16 heavy (non-hydrogen) atoms. The molecule has 0 aromatic carbocycles. The Morgan fingerprint density at radius 3 is 3.19 bits per heavy atom. The molecule has 2 N–H and O–H groups in total. The van der Waals surface area contributed by atoms with Crippen LogP contribution in [-0.4, -0.2) is 37.3 Å². The number of pyridine rings is 1. The topological polar surface area (TPSA) is 46.2 Å². The van der Waals surface area contributed by atoms with Gasteiger partial charge in [-0.1, -0.05) is 0 Å². The maximum Gasteiger partial charge on any atom is 0.126 e. The van der Waals surface area contributed by atoms with Crippen molar-refractivity contribution < 1.29 is 4.74 Å². The third-order valence-corrected chi connectivity index (χ3v) is 3.39. The summed E-state index contributed by atoms with van der Waals surface area (Å²) in [5, 5.41) is 6.70. The van der Waals surface area contributed by atoms with Gasteiger partial charge in [-0.15, -0.1) is 0 Å². The summed E-state index contributed by atoms with van der Waals surface area (Å²) >= 11 is 3.43. The Balaban J connectivity index is 1.86. The fourth-order valence-electron chi connectivity index (χ4n) is 1.62. The van der Waals surface area contributed by atoms with Crippen LogP contribution in [0.1, 0.15) is 5.69 Å². The number of morpholine rings is 1. The molecule has 0 radical (unpaired) electrons. The summed E-state index contributed by atoms with van der Waals surface area (Å²) in [5.41, 5.74) is 0.998. The van der Waals surface area contributed by atoms with Crippen molar-refractivity contribution in [3.63, 3.8) is 0 Å². The first-order valence-electron chi connectivity index (χ1n) is 5.44. The third kappa shape index (κ3) is 3.17. The van der Waals surface area contributed by atoms with Gasteiger partial charge >= 0.3 is 0 Å². The predicted octanol–water partition coefficient (Wildman–Crippen LogP) is 1.55. The molecule has 1 aromatic rings. The van der Waals surface area contributed by atoms with Gasteiger partial charge in [0.25, 0.3) is 0 Å². The molecule has 2 heterocycles. The monoisotopic (exact) mass is 285 g/mol. The van der Waals surface area contributed by atoms with Crippen molar-refractivity contribution in [1.82, 2.24) is 10.3 Å². The van der Waals surface area contributed by atoms with Crippen LogP contribution in [0, 0.1) is 6.92 Å². The lowest BCUT2D eigenvalue weighted by Crippen LogP contribution is -2.45. The number of aryl methyl sites for hydroxylation is 1. The molecule has 1 atom stereocenters.